The van der Waals surface area contributed by atoms with Gasteiger partial charge in [-0.15, -0.1) is 0 Å². The molecule has 3 fully saturated rings. The Labute approximate surface area is 226 Å². The smallest absolute Gasteiger partial charge is 0.294 e. The highest BCUT2D eigenvalue weighted by Crippen LogP contribution is 2.35. The van der Waals surface area contributed by atoms with E-state index in [-0.39, 0.29) is 35.9 Å². The van der Waals surface area contributed by atoms with Crippen molar-refractivity contribution in [2.24, 2.45) is 0 Å². The highest BCUT2D eigenvalue weighted by Gasteiger charge is 2.37. The predicted molar refractivity (Wildman–Crippen MR) is 142 cm³/mol. The van der Waals surface area contributed by atoms with Crippen LogP contribution in [-0.4, -0.2) is 89.4 Å². The lowest BCUT2D eigenvalue weighted by Gasteiger charge is -2.28. The summed E-state index contributed by atoms with van der Waals surface area (Å²) in [5.41, 5.74) is 1.52. The molecule has 12 heteroatoms. The second-order valence-corrected chi connectivity index (χ2v) is 11.0. The van der Waals surface area contributed by atoms with Crippen LogP contribution in [0.3, 0.4) is 0 Å². The van der Waals surface area contributed by atoms with E-state index in [1.165, 1.54) is 0 Å². The Morgan fingerprint density at radius 3 is 2.73 bits per heavy atom. The minimum atomic E-state index is -0.498. The fraction of sp³-hybridized carbons (Fsp3) is 0.440. The molecular weight excluding hydrogens is 564 g/mol. The highest BCUT2D eigenvalue weighted by molar-refractivity contribution is 9.10. The summed E-state index contributed by atoms with van der Waals surface area (Å²) >= 11 is 4.30. The summed E-state index contributed by atoms with van der Waals surface area (Å²) in [6, 6.07) is 5.70. The second kappa shape index (κ2) is 11.4. The van der Waals surface area contributed by atoms with Crippen molar-refractivity contribution < 1.29 is 28.7 Å². The molecule has 4 amide bonds. The van der Waals surface area contributed by atoms with Gasteiger partial charge in [0.2, 0.25) is 11.8 Å². The van der Waals surface area contributed by atoms with Crippen LogP contribution in [0.25, 0.3) is 17.0 Å². The number of ether oxygens (including phenoxy) is 2. The Hall–Kier alpha value is -2.67. The van der Waals surface area contributed by atoms with Crippen LogP contribution in [0.1, 0.15) is 18.4 Å². The van der Waals surface area contributed by atoms with Gasteiger partial charge in [-0.25, -0.2) is 0 Å². The number of fused-ring (bicyclic) bond motifs is 1. The molecule has 1 aromatic carbocycles. The second-order valence-electron chi connectivity index (χ2n) is 9.07. The number of rotatable bonds is 7. The Kier molecular flexibility index (Phi) is 7.98. The summed E-state index contributed by atoms with van der Waals surface area (Å²) < 4.78 is 13.5. The third kappa shape index (κ3) is 5.92. The molecule has 0 unspecified atom stereocenters. The number of halogens is 1. The summed E-state index contributed by atoms with van der Waals surface area (Å²) in [5.74, 6) is -0.910. The van der Waals surface area contributed by atoms with Crippen molar-refractivity contribution in [1.82, 2.24) is 19.7 Å². The van der Waals surface area contributed by atoms with Crippen LogP contribution < -0.4 is 5.32 Å². The lowest BCUT2D eigenvalue weighted by atomic mass is 10.1. The number of hydrogen-bond donors (Lipinski definition) is 1. The number of thioether (sulfide) groups is 1. The van der Waals surface area contributed by atoms with Crippen LogP contribution in [0.4, 0.5) is 4.79 Å². The number of nitrogens with one attached hydrogen (secondary N) is 1. The first-order valence-electron chi connectivity index (χ1n) is 12.2. The van der Waals surface area contributed by atoms with Gasteiger partial charge in [-0.2, -0.15) is 0 Å². The largest absolute Gasteiger partial charge is 0.378 e. The standard InChI is InChI=1S/C25H27BrN4O6S/c26-17-3-4-20-19(11-17)16(13-29(20)14-22(31)27-12-18-2-1-7-36-18)10-21-24(33)30(25(34)37-21)15-23(32)28-5-8-35-9-6-28/h3-4,10-11,13,18H,1-2,5-9,12,14-15H2,(H,27,31)/b21-10-/t18-/m1/s1. The molecule has 0 spiro atoms. The summed E-state index contributed by atoms with van der Waals surface area (Å²) in [4.78, 5) is 53.7. The zero-order valence-corrected chi connectivity index (χ0v) is 22.5. The van der Waals surface area contributed by atoms with Gasteiger partial charge in [0.05, 0.1) is 24.2 Å². The third-order valence-electron chi connectivity index (χ3n) is 6.56. The molecule has 0 bridgehead atoms. The minimum absolute atomic E-state index is 0.0580. The number of hydrogen-bond acceptors (Lipinski definition) is 7. The van der Waals surface area contributed by atoms with Crippen molar-refractivity contribution in [1.29, 1.82) is 0 Å². The monoisotopic (exact) mass is 590 g/mol. The summed E-state index contributed by atoms with van der Waals surface area (Å²) in [6.45, 7) is 2.80. The van der Waals surface area contributed by atoms with Gasteiger partial charge < -0.3 is 24.3 Å². The predicted octanol–water partition coefficient (Wildman–Crippen LogP) is 2.59. The molecule has 0 radical (unpaired) electrons. The summed E-state index contributed by atoms with van der Waals surface area (Å²) in [5, 5.41) is 3.29. The molecule has 37 heavy (non-hydrogen) atoms. The van der Waals surface area contributed by atoms with E-state index in [0.717, 1.165) is 51.5 Å². The summed E-state index contributed by atoms with van der Waals surface area (Å²) in [7, 11) is 0. The minimum Gasteiger partial charge on any atom is -0.378 e. The van der Waals surface area contributed by atoms with E-state index in [2.05, 4.69) is 21.2 Å². The molecule has 5 rings (SSSR count). The van der Waals surface area contributed by atoms with Crippen molar-refractivity contribution in [2.75, 3.05) is 46.0 Å². The SMILES string of the molecule is O=C(Cn1cc(/C=C2\SC(=O)N(CC(=O)N3CCOCC3)C2=O)c2cc(Br)ccc21)NC[C@H]1CCCO1. The maximum Gasteiger partial charge on any atom is 0.294 e. The van der Waals surface area contributed by atoms with E-state index in [9.17, 15) is 19.2 Å². The average molecular weight is 591 g/mol. The van der Waals surface area contributed by atoms with Crippen molar-refractivity contribution in [3.63, 3.8) is 0 Å². The number of carbonyl (C=O) groups is 4. The maximum absolute atomic E-state index is 13.1. The topological polar surface area (TPSA) is 110 Å². The van der Waals surface area contributed by atoms with Crippen LogP contribution in [0.5, 0.6) is 0 Å². The van der Waals surface area contributed by atoms with Gasteiger partial charge in [-0.1, -0.05) is 15.9 Å². The lowest BCUT2D eigenvalue weighted by Crippen LogP contribution is -2.46. The Morgan fingerprint density at radius 1 is 1.16 bits per heavy atom. The van der Waals surface area contributed by atoms with Crippen molar-refractivity contribution in [2.45, 2.75) is 25.5 Å². The van der Waals surface area contributed by atoms with Gasteiger partial charge in [-0.3, -0.25) is 24.1 Å². The van der Waals surface area contributed by atoms with E-state index in [1.807, 2.05) is 22.8 Å². The molecule has 1 aromatic heterocycles. The number of morpholine rings is 1. The van der Waals surface area contributed by atoms with Crippen molar-refractivity contribution >= 4 is 67.6 Å². The zero-order valence-electron chi connectivity index (χ0n) is 20.1. The molecule has 10 nitrogen and oxygen atoms in total. The Bertz CT molecular complexity index is 1270. The van der Waals surface area contributed by atoms with Gasteiger partial charge in [-0.05, 0) is 48.9 Å². The molecule has 0 aliphatic carbocycles. The van der Waals surface area contributed by atoms with E-state index in [4.69, 9.17) is 9.47 Å². The van der Waals surface area contributed by atoms with Gasteiger partial charge in [0.25, 0.3) is 11.1 Å². The van der Waals surface area contributed by atoms with Crippen molar-refractivity contribution in [3.8, 4) is 0 Å². The quantitative estimate of drug-likeness (QED) is 0.493. The van der Waals surface area contributed by atoms with E-state index >= 15 is 0 Å². The summed E-state index contributed by atoms with van der Waals surface area (Å²) in [6.07, 6.45) is 5.46. The fourth-order valence-corrected chi connectivity index (χ4v) is 5.80. The average Bonchev–Trinajstić information content (AvgIpc) is 3.59. The Morgan fingerprint density at radius 2 is 1.97 bits per heavy atom. The third-order valence-corrected chi connectivity index (χ3v) is 7.96. The van der Waals surface area contributed by atoms with Gasteiger partial charge in [0.15, 0.2) is 0 Å². The highest BCUT2D eigenvalue weighted by atomic mass is 79.9. The van der Waals surface area contributed by atoms with Crippen LogP contribution in [0.2, 0.25) is 0 Å². The molecule has 3 aliphatic rings. The van der Waals surface area contributed by atoms with E-state index in [0.29, 0.717) is 38.4 Å². The maximum atomic E-state index is 13.1. The molecule has 3 aliphatic heterocycles. The number of imide groups is 1. The molecule has 4 heterocycles. The van der Waals surface area contributed by atoms with Gasteiger partial charge in [0.1, 0.15) is 13.1 Å². The molecule has 3 saturated heterocycles. The Balaban J connectivity index is 1.33. The number of aromatic nitrogens is 1. The van der Waals surface area contributed by atoms with Crippen molar-refractivity contribution in [3.05, 3.63) is 39.3 Å². The van der Waals surface area contributed by atoms with Crippen LogP contribution in [0, 0.1) is 0 Å². The fourth-order valence-electron chi connectivity index (χ4n) is 4.61. The first kappa shape index (κ1) is 26.0. The van der Waals surface area contributed by atoms with Crippen LogP contribution in [-0.2, 0) is 30.4 Å². The first-order valence-corrected chi connectivity index (χ1v) is 13.8. The van der Waals surface area contributed by atoms with Gasteiger partial charge in [0, 0.05) is 53.4 Å². The molecular formula is C25H27BrN4O6S. The van der Waals surface area contributed by atoms with E-state index in [1.54, 1.807) is 17.2 Å². The first-order chi connectivity index (χ1) is 17.9. The van der Waals surface area contributed by atoms with Gasteiger partial charge >= 0.3 is 0 Å². The van der Waals surface area contributed by atoms with E-state index < -0.39 is 11.1 Å². The number of amides is 4. The normalized spacial score (nSPS) is 21.4. The molecule has 1 atom stereocenters. The number of benzene rings is 1. The molecule has 1 N–H and O–H groups in total. The zero-order chi connectivity index (χ0) is 25.9. The molecule has 0 saturated carbocycles. The van der Waals surface area contributed by atoms with Crippen LogP contribution in [0.15, 0.2) is 33.8 Å². The lowest BCUT2D eigenvalue weighted by molar-refractivity contribution is -0.139. The number of nitrogens with zero attached hydrogens (tertiary/aromatic N) is 3. The molecule has 196 valence electrons. The molecule has 2 aromatic rings. The number of carbonyl (C=O) groups excluding carboxylic acids is 4. The van der Waals surface area contributed by atoms with Crippen LogP contribution >= 0.6 is 27.7 Å².